The lowest BCUT2D eigenvalue weighted by Gasteiger charge is -2.30. The summed E-state index contributed by atoms with van der Waals surface area (Å²) in [6.45, 7) is 0. The van der Waals surface area contributed by atoms with Crippen molar-refractivity contribution < 1.29 is 14.7 Å². The summed E-state index contributed by atoms with van der Waals surface area (Å²) in [5.74, 6) is 0.121. The largest absolute Gasteiger partial charge is 0.481 e. The van der Waals surface area contributed by atoms with Crippen LogP contribution in [0.2, 0.25) is 0 Å². The van der Waals surface area contributed by atoms with E-state index >= 15 is 0 Å². The molecule has 3 saturated carbocycles. The van der Waals surface area contributed by atoms with Gasteiger partial charge in [0.1, 0.15) is 0 Å². The van der Waals surface area contributed by atoms with E-state index in [1.54, 1.807) is 0 Å². The first-order valence-electron chi connectivity index (χ1n) is 7.95. The van der Waals surface area contributed by atoms with Crippen LogP contribution in [0.15, 0.2) is 0 Å². The van der Waals surface area contributed by atoms with E-state index in [1.807, 2.05) is 0 Å². The van der Waals surface area contributed by atoms with Crippen molar-refractivity contribution in [3.63, 3.8) is 0 Å². The van der Waals surface area contributed by atoms with Gasteiger partial charge in [-0.05, 0) is 50.4 Å². The molecule has 3 aliphatic carbocycles. The minimum absolute atomic E-state index is 0.160. The number of hydrogen-bond acceptors (Lipinski definition) is 2. The molecule has 20 heavy (non-hydrogen) atoms. The number of amides is 2. The molecule has 0 aromatic carbocycles. The van der Waals surface area contributed by atoms with Gasteiger partial charge in [-0.15, -0.1) is 0 Å². The van der Waals surface area contributed by atoms with Crippen LogP contribution < -0.4 is 10.6 Å². The summed E-state index contributed by atoms with van der Waals surface area (Å²) in [5, 5.41) is 15.2. The molecule has 2 atom stereocenters. The van der Waals surface area contributed by atoms with Gasteiger partial charge < -0.3 is 15.7 Å². The van der Waals surface area contributed by atoms with E-state index in [1.165, 1.54) is 25.7 Å². The van der Waals surface area contributed by atoms with Gasteiger partial charge in [0, 0.05) is 12.1 Å². The summed E-state index contributed by atoms with van der Waals surface area (Å²) in [7, 11) is 0. The van der Waals surface area contributed by atoms with E-state index in [9.17, 15) is 14.7 Å². The lowest BCUT2D eigenvalue weighted by Crippen LogP contribution is -2.51. The molecule has 112 valence electrons. The molecule has 0 radical (unpaired) electrons. The summed E-state index contributed by atoms with van der Waals surface area (Å²) >= 11 is 0. The number of carboxylic acids is 1. The van der Waals surface area contributed by atoms with Crippen LogP contribution >= 0.6 is 0 Å². The van der Waals surface area contributed by atoms with Crippen molar-refractivity contribution in [2.75, 3.05) is 0 Å². The van der Waals surface area contributed by atoms with Crippen molar-refractivity contribution in [3.8, 4) is 0 Å². The quantitative estimate of drug-likeness (QED) is 0.721. The first-order chi connectivity index (χ1) is 9.65. The number of nitrogens with one attached hydrogen (secondary N) is 2. The molecule has 0 aromatic rings. The molecule has 3 N–H and O–H groups in total. The van der Waals surface area contributed by atoms with E-state index in [2.05, 4.69) is 10.6 Å². The van der Waals surface area contributed by atoms with Crippen molar-refractivity contribution in [3.05, 3.63) is 0 Å². The van der Waals surface area contributed by atoms with Crippen LogP contribution in [0.3, 0.4) is 0 Å². The summed E-state index contributed by atoms with van der Waals surface area (Å²) in [5.41, 5.74) is 0. The summed E-state index contributed by atoms with van der Waals surface area (Å²) in [6.07, 6.45) is 8.31. The van der Waals surface area contributed by atoms with Gasteiger partial charge in [-0.1, -0.05) is 12.8 Å². The second-order valence-electron chi connectivity index (χ2n) is 6.65. The Hall–Kier alpha value is -1.26. The first-order valence-corrected chi connectivity index (χ1v) is 7.95. The Balaban J connectivity index is 1.52. The molecule has 0 heterocycles. The fourth-order valence-corrected chi connectivity index (χ4v) is 3.49. The molecule has 0 spiro atoms. The van der Waals surface area contributed by atoms with Gasteiger partial charge in [-0.25, -0.2) is 4.79 Å². The molecular formula is C15H24N2O3. The van der Waals surface area contributed by atoms with E-state index in [4.69, 9.17) is 0 Å². The highest BCUT2D eigenvalue weighted by atomic mass is 16.4. The Morgan fingerprint density at radius 3 is 2.10 bits per heavy atom. The van der Waals surface area contributed by atoms with Gasteiger partial charge in [-0.3, -0.25) is 4.79 Å². The Bertz CT molecular complexity index is 379. The molecule has 5 nitrogen and oxygen atoms in total. The zero-order chi connectivity index (χ0) is 14.1. The molecule has 2 unspecified atom stereocenters. The molecule has 0 bridgehead atoms. The van der Waals surface area contributed by atoms with Crippen LogP contribution in [0, 0.1) is 17.8 Å². The first kappa shape index (κ1) is 13.7. The number of urea groups is 1. The second-order valence-corrected chi connectivity index (χ2v) is 6.65. The average Bonchev–Trinajstić information content (AvgIpc) is 3.28. The van der Waals surface area contributed by atoms with Crippen molar-refractivity contribution in [1.29, 1.82) is 0 Å². The van der Waals surface area contributed by atoms with Crippen molar-refractivity contribution in [1.82, 2.24) is 10.6 Å². The number of carbonyl (C=O) groups is 2. The third-order valence-corrected chi connectivity index (χ3v) is 4.96. The van der Waals surface area contributed by atoms with Crippen LogP contribution in [0.1, 0.15) is 51.4 Å². The molecule has 3 rings (SSSR count). The van der Waals surface area contributed by atoms with Crippen LogP contribution in [0.4, 0.5) is 4.79 Å². The molecule has 2 amide bonds. The van der Waals surface area contributed by atoms with Gasteiger partial charge in [-0.2, -0.15) is 0 Å². The van der Waals surface area contributed by atoms with Crippen LogP contribution in [0.25, 0.3) is 0 Å². The predicted molar refractivity (Wildman–Crippen MR) is 74.3 cm³/mol. The average molecular weight is 280 g/mol. The number of carbonyl (C=O) groups excluding carboxylic acids is 1. The van der Waals surface area contributed by atoms with Gasteiger partial charge in [0.15, 0.2) is 0 Å². The lowest BCUT2D eigenvalue weighted by atomic mass is 9.84. The minimum Gasteiger partial charge on any atom is -0.481 e. The highest BCUT2D eigenvalue weighted by Crippen LogP contribution is 2.44. The molecule has 3 fully saturated rings. The summed E-state index contributed by atoms with van der Waals surface area (Å²) in [6, 6.07) is -0.0471. The third kappa shape index (κ3) is 3.25. The standard InChI is InChI=1S/C15H24N2O3/c18-14(19)11-3-1-2-4-12(11)16-15(20)17-13(9-5-6-9)10-7-8-10/h9-13H,1-8H2,(H,18,19)(H2,16,17,20). The van der Waals surface area contributed by atoms with Crippen LogP contribution in [0.5, 0.6) is 0 Å². The van der Waals surface area contributed by atoms with Gasteiger partial charge in [0.25, 0.3) is 0 Å². The van der Waals surface area contributed by atoms with E-state index in [0.717, 1.165) is 19.3 Å². The Kier molecular flexibility index (Phi) is 3.85. The highest BCUT2D eigenvalue weighted by molar-refractivity contribution is 5.77. The molecule has 5 heteroatoms. The number of carboxylic acid groups (broad SMARTS) is 1. The van der Waals surface area contributed by atoms with Crippen LogP contribution in [-0.2, 0) is 4.79 Å². The van der Waals surface area contributed by atoms with E-state index in [-0.39, 0.29) is 12.1 Å². The zero-order valence-corrected chi connectivity index (χ0v) is 11.8. The maximum atomic E-state index is 12.1. The minimum atomic E-state index is -0.782. The maximum Gasteiger partial charge on any atom is 0.315 e. The number of hydrogen-bond donors (Lipinski definition) is 3. The van der Waals surface area contributed by atoms with Crippen LogP contribution in [-0.4, -0.2) is 29.2 Å². The summed E-state index contributed by atoms with van der Waals surface area (Å²) in [4.78, 5) is 23.4. The van der Waals surface area contributed by atoms with Gasteiger partial charge in [0.05, 0.1) is 5.92 Å². The topological polar surface area (TPSA) is 78.4 Å². The second kappa shape index (κ2) is 5.62. The predicted octanol–water partition coefficient (Wildman–Crippen LogP) is 2.12. The third-order valence-electron chi connectivity index (χ3n) is 4.96. The fraction of sp³-hybridized carbons (Fsp3) is 0.867. The Morgan fingerprint density at radius 1 is 0.950 bits per heavy atom. The normalized spacial score (nSPS) is 30.1. The van der Waals surface area contributed by atoms with Crippen molar-refractivity contribution in [2.24, 2.45) is 17.8 Å². The Labute approximate surface area is 119 Å². The number of aliphatic carboxylic acids is 1. The highest BCUT2D eigenvalue weighted by Gasteiger charge is 2.42. The van der Waals surface area contributed by atoms with Gasteiger partial charge >= 0.3 is 12.0 Å². The molecule has 0 saturated heterocycles. The molecule has 0 aliphatic heterocycles. The smallest absolute Gasteiger partial charge is 0.315 e. The monoisotopic (exact) mass is 280 g/mol. The van der Waals surface area contributed by atoms with Gasteiger partial charge in [0.2, 0.25) is 0 Å². The van der Waals surface area contributed by atoms with Crippen molar-refractivity contribution in [2.45, 2.75) is 63.5 Å². The fourth-order valence-electron chi connectivity index (χ4n) is 3.49. The molecule has 3 aliphatic rings. The van der Waals surface area contributed by atoms with Crippen molar-refractivity contribution >= 4 is 12.0 Å². The van der Waals surface area contributed by atoms with E-state index < -0.39 is 11.9 Å². The Morgan fingerprint density at radius 2 is 1.55 bits per heavy atom. The van der Waals surface area contributed by atoms with E-state index in [0.29, 0.717) is 24.3 Å². The lowest BCUT2D eigenvalue weighted by molar-refractivity contribution is -0.143. The zero-order valence-electron chi connectivity index (χ0n) is 11.8. The number of rotatable bonds is 5. The molecular weight excluding hydrogens is 256 g/mol. The summed E-state index contributed by atoms with van der Waals surface area (Å²) < 4.78 is 0. The SMILES string of the molecule is O=C(NC1CCCCC1C(=O)O)NC(C1CC1)C1CC1. The maximum absolute atomic E-state index is 12.1. The molecule has 0 aromatic heterocycles.